The van der Waals surface area contributed by atoms with Crippen LogP contribution in [0.5, 0.6) is 0 Å². The monoisotopic (exact) mass is 936 g/mol. The third-order valence-electron chi connectivity index (χ3n) is 11.4. The molecule has 0 spiro atoms. The van der Waals surface area contributed by atoms with Gasteiger partial charge in [0.25, 0.3) is 5.78 Å². The SMILES string of the molecule is CC(=O)CC(C)=[OH+].CC1(C)c2ccccc2-c2c[c-]c(-c3ccc4ccccc4n3)cc21.CC1(C)c2ccccc2-c2ccc(-c3ccc4ccccc4[nH+]3)cc21.[Ir]. The average Bonchev–Trinajstić information content (AvgIpc) is 3.59. The van der Waals surface area contributed by atoms with Crippen molar-refractivity contribution in [3.05, 3.63) is 180 Å². The number of rotatable bonds is 4. The number of carbonyl (C=O) groups excluding carboxylic acids is 2. The second kappa shape index (κ2) is 16.2. The molecule has 1 radical (unpaired) electrons. The molecular weight excluding hydrogens is 889 g/mol. The number of para-hydroxylation sites is 2. The van der Waals surface area contributed by atoms with Gasteiger partial charge in [-0.2, -0.15) is 0 Å². The maximum atomic E-state index is 10.1. The van der Waals surface area contributed by atoms with Crippen LogP contribution in [0.15, 0.2) is 152 Å². The van der Waals surface area contributed by atoms with E-state index >= 15 is 0 Å². The van der Waals surface area contributed by atoms with Gasteiger partial charge in [0.15, 0.2) is 0 Å². The van der Waals surface area contributed by atoms with Gasteiger partial charge < -0.3 is 0 Å². The number of nitrogens with one attached hydrogen (secondary N) is 1. The van der Waals surface area contributed by atoms with Crippen LogP contribution in [0.25, 0.3) is 66.6 Å². The summed E-state index contributed by atoms with van der Waals surface area (Å²) in [5, 5.41) is 2.40. The van der Waals surface area contributed by atoms with Gasteiger partial charge in [0.2, 0.25) is 11.2 Å². The molecule has 4 nitrogen and oxygen atoms in total. The van der Waals surface area contributed by atoms with Crippen LogP contribution >= 0.6 is 0 Å². The van der Waals surface area contributed by atoms with E-state index < -0.39 is 0 Å². The van der Waals surface area contributed by atoms with E-state index in [4.69, 9.17) is 9.78 Å². The Kier molecular flexibility index (Phi) is 11.2. The largest absolute Gasteiger partial charge is 0.299 e. The van der Waals surface area contributed by atoms with Gasteiger partial charge >= 0.3 is 0 Å². The molecule has 2 aliphatic carbocycles. The zero-order valence-corrected chi connectivity index (χ0v) is 36.2. The Morgan fingerprint density at radius 2 is 1.19 bits per heavy atom. The summed E-state index contributed by atoms with van der Waals surface area (Å²) in [7, 11) is 0. The third-order valence-corrected chi connectivity index (χ3v) is 11.4. The van der Waals surface area contributed by atoms with E-state index in [1.165, 1.54) is 80.2 Å². The summed E-state index contributed by atoms with van der Waals surface area (Å²) >= 11 is 0. The second-order valence-corrected chi connectivity index (χ2v) is 16.2. The molecule has 0 fully saturated rings. The molecule has 0 aliphatic heterocycles. The molecule has 0 bridgehead atoms. The fraction of sp³-hybridized carbons (Fsp3) is 0.170. The van der Waals surface area contributed by atoms with E-state index in [0.29, 0.717) is 0 Å². The molecule has 5 heteroatoms. The maximum absolute atomic E-state index is 10.1. The number of Topliss-reactive ketones (excluding diaryl/α,β-unsaturated/α-hetero) is 1. The van der Waals surface area contributed by atoms with Gasteiger partial charge in [-0.15, -0.1) is 29.3 Å². The maximum Gasteiger partial charge on any atom is 0.297 e. The number of H-pyrrole nitrogens is 1. The molecule has 8 aromatic rings. The Labute approximate surface area is 354 Å². The molecule has 0 atom stereocenters. The van der Waals surface area contributed by atoms with Crippen LogP contribution in [0.3, 0.4) is 0 Å². The first-order chi connectivity index (χ1) is 27.4. The summed E-state index contributed by atoms with van der Waals surface area (Å²) in [6.45, 7) is 12.2. The molecular formula is C53H47IrN2O2+. The molecule has 0 saturated heterocycles. The van der Waals surface area contributed by atoms with Crippen molar-refractivity contribution in [1.29, 1.82) is 0 Å². The number of aromatic amines is 1. The molecule has 0 saturated carbocycles. The number of pyridine rings is 2. The number of fused-ring (bicyclic) bond motifs is 8. The number of ketones is 2. The van der Waals surface area contributed by atoms with Crippen molar-refractivity contribution in [3.63, 3.8) is 0 Å². The van der Waals surface area contributed by atoms with Crippen LogP contribution in [0.2, 0.25) is 0 Å². The Morgan fingerprint density at radius 3 is 1.86 bits per heavy atom. The van der Waals surface area contributed by atoms with Crippen molar-refractivity contribution in [2.75, 3.05) is 0 Å². The van der Waals surface area contributed by atoms with Crippen molar-refractivity contribution in [2.45, 2.75) is 58.8 Å². The predicted molar refractivity (Wildman–Crippen MR) is 235 cm³/mol. The molecule has 289 valence electrons. The Hall–Kier alpha value is -5.87. The first-order valence-corrected chi connectivity index (χ1v) is 19.6. The molecule has 2 N–H and O–H groups in total. The summed E-state index contributed by atoms with van der Waals surface area (Å²) < 4.78 is 0. The molecule has 2 aromatic heterocycles. The number of aromatic nitrogens is 2. The first-order valence-electron chi connectivity index (χ1n) is 19.6. The van der Waals surface area contributed by atoms with Crippen LogP contribution in [0.1, 0.15) is 70.2 Å². The van der Waals surface area contributed by atoms with Crippen LogP contribution in [-0.4, -0.2) is 21.3 Å². The summed E-state index contributed by atoms with van der Waals surface area (Å²) in [4.78, 5) is 26.9. The van der Waals surface area contributed by atoms with Crippen molar-refractivity contribution < 1.29 is 34.7 Å². The van der Waals surface area contributed by atoms with E-state index in [1.807, 2.05) is 12.1 Å². The second-order valence-electron chi connectivity index (χ2n) is 16.2. The first kappa shape index (κ1) is 40.3. The molecule has 0 amide bonds. The van der Waals surface area contributed by atoms with Crippen LogP contribution in [0.4, 0.5) is 0 Å². The quantitative estimate of drug-likeness (QED) is 0.100. The minimum Gasteiger partial charge on any atom is -0.299 e. The molecule has 6 aromatic carbocycles. The number of benzene rings is 6. The van der Waals surface area contributed by atoms with Gasteiger partial charge in [0, 0.05) is 55.5 Å². The van der Waals surface area contributed by atoms with Crippen LogP contribution < -0.4 is 4.98 Å². The normalized spacial score (nSPS) is 13.3. The van der Waals surface area contributed by atoms with Gasteiger partial charge in [-0.25, -0.2) is 4.98 Å². The molecule has 2 aliphatic rings. The van der Waals surface area contributed by atoms with Crippen molar-refractivity contribution in [3.8, 4) is 44.8 Å². The smallest absolute Gasteiger partial charge is 0.297 e. The number of hydrogen-bond acceptors (Lipinski definition) is 2. The average molecular weight is 936 g/mol. The number of carbonyl (C=O) groups is 1. The third kappa shape index (κ3) is 7.61. The minimum absolute atomic E-state index is 0. The molecule has 2 heterocycles. The zero-order valence-electron chi connectivity index (χ0n) is 33.8. The Morgan fingerprint density at radius 1 is 0.621 bits per heavy atom. The standard InChI is InChI=1S/C24H19N.C24H18N.C5H8O2.Ir/c2*1-24(2)20-9-5-4-8-18(20)19-13-11-17(15-21(19)24)23-14-12-16-7-3-6-10-22(16)25-23;1-4(6)3-5(2)7;/h3-15H,1-2H3;3-10,12-15H,1-2H3;3H2,1-2H3;/q;-1;;/p+2. The van der Waals surface area contributed by atoms with Gasteiger partial charge in [0.05, 0.1) is 5.52 Å². The van der Waals surface area contributed by atoms with Gasteiger partial charge in [-0.3, -0.25) is 14.6 Å². The van der Waals surface area contributed by atoms with E-state index in [0.717, 1.165) is 22.5 Å². The van der Waals surface area contributed by atoms with Gasteiger partial charge in [-0.1, -0.05) is 136 Å². The van der Waals surface area contributed by atoms with E-state index in [2.05, 4.69) is 178 Å². The van der Waals surface area contributed by atoms with Crippen molar-refractivity contribution >= 4 is 33.4 Å². The van der Waals surface area contributed by atoms with Crippen LogP contribution in [-0.2, 0) is 35.7 Å². The topological polar surface area (TPSA) is 65.5 Å². The van der Waals surface area contributed by atoms with Crippen molar-refractivity contribution in [2.24, 2.45) is 0 Å². The number of nitrogens with zero attached hydrogens (tertiary/aromatic N) is 1. The Balaban J connectivity index is 0.000000150. The summed E-state index contributed by atoms with van der Waals surface area (Å²) in [6.07, 6.45) is 0.194. The number of hydrogen-bond donors (Lipinski definition) is 0. The predicted octanol–water partition coefficient (Wildman–Crippen LogP) is 12.2. The van der Waals surface area contributed by atoms with E-state index in [1.54, 1.807) is 0 Å². The Bertz CT molecular complexity index is 2660. The van der Waals surface area contributed by atoms with Crippen molar-refractivity contribution in [1.82, 2.24) is 4.98 Å². The zero-order chi connectivity index (χ0) is 39.9. The molecule has 58 heavy (non-hydrogen) atoms. The summed E-state index contributed by atoms with van der Waals surface area (Å²) in [5.74, 6) is 0.188. The summed E-state index contributed by atoms with van der Waals surface area (Å²) in [5.41, 5.74) is 17.6. The molecule has 0 unspecified atom stereocenters. The fourth-order valence-corrected chi connectivity index (χ4v) is 8.52. The van der Waals surface area contributed by atoms with E-state index in [9.17, 15) is 4.79 Å². The van der Waals surface area contributed by atoms with E-state index in [-0.39, 0.29) is 48.9 Å². The van der Waals surface area contributed by atoms with Gasteiger partial charge in [0.1, 0.15) is 12.2 Å². The van der Waals surface area contributed by atoms with Gasteiger partial charge in [-0.05, 0) is 81.6 Å². The van der Waals surface area contributed by atoms with Crippen LogP contribution in [0, 0.1) is 6.07 Å². The molecule has 10 rings (SSSR count). The fourth-order valence-electron chi connectivity index (χ4n) is 8.52. The summed E-state index contributed by atoms with van der Waals surface area (Å²) in [6, 6.07) is 57.5. The minimum atomic E-state index is 0.